The van der Waals surface area contributed by atoms with E-state index in [1.165, 1.54) is 0 Å². The van der Waals surface area contributed by atoms with Crippen molar-refractivity contribution in [3.05, 3.63) is 35.9 Å². The summed E-state index contributed by atoms with van der Waals surface area (Å²) in [5.74, 6) is -5.48. The van der Waals surface area contributed by atoms with E-state index in [9.17, 15) is 40.7 Å². The Kier molecular flexibility index (Phi) is 11.9. The SMILES string of the molecule is C[C@H](NC(CC(=O)N1CCC[C@H]1C(=O)OCc1ccccc1)C(F)(F)F)C(=O)[NH2+]O.O=C([O-])C(F)(F)F. The summed E-state index contributed by atoms with van der Waals surface area (Å²) in [6.07, 6.45) is -10.2. The zero-order chi connectivity index (χ0) is 28.4. The fraction of sp³-hybridized carbons (Fsp3) is 0.524. The summed E-state index contributed by atoms with van der Waals surface area (Å²) in [6, 6.07) is 4.30. The molecule has 1 fully saturated rings. The molecule has 10 nitrogen and oxygen atoms in total. The Bertz CT molecular complexity index is 927. The van der Waals surface area contributed by atoms with Crippen LogP contribution in [0.5, 0.6) is 0 Å². The summed E-state index contributed by atoms with van der Waals surface area (Å²) in [6.45, 7) is 1.30. The Morgan fingerprint density at radius 1 is 1.16 bits per heavy atom. The van der Waals surface area contributed by atoms with Crippen molar-refractivity contribution in [3.8, 4) is 0 Å². The lowest BCUT2D eigenvalue weighted by atomic mass is 10.1. The number of carbonyl (C=O) groups is 4. The van der Waals surface area contributed by atoms with E-state index >= 15 is 0 Å². The molecule has 3 atom stereocenters. The number of hydrogen-bond donors (Lipinski definition) is 3. The van der Waals surface area contributed by atoms with Gasteiger partial charge in [-0.15, -0.1) is 5.48 Å². The standard InChI is InChI=1S/C19H24F3N3O5.C2HF3O2/c1-12(17(27)24-29)23-15(19(20,21)22)10-16(26)25-9-5-8-14(25)18(28)30-11-13-6-3-2-4-7-13;3-2(4,5)1(6)7/h2-4,6-7,12,14-15,23,29H,5,8-11H2,1H3,(H,24,27);(H,6,7)/t12-,14-,15?;/m0./s1. The molecule has 1 saturated heterocycles. The number of amides is 2. The van der Waals surface area contributed by atoms with Crippen molar-refractivity contribution in [2.24, 2.45) is 0 Å². The maximum atomic E-state index is 13.4. The number of rotatable bonds is 8. The number of carboxylic acid groups (broad SMARTS) is 1. The summed E-state index contributed by atoms with van der Waals surface area (Å²) in [5.41, 5.74) is 0.925. The second kappa shape index (κ2) is 13.9. The van der Waals surface area contributed by atoms with Gasteiger partial charge in [0.05, 0.1) is 6.42 Å². The zero-order valence-corrected chi connectivity index (χ0v) is 19.3. The minimum absolute atomic E-state index is 0.00220. The maximum Gasteiger partial charge on any atom is 0.430 e. The number of hydroxylamine groups is 1. The van der Waals surface area contributed by atoms with Gasteiger partial charge in [0.25, 0.3) is 0 Å². The van der Waals surface area contributed by atoms with Crippen LogP contribution in [0.3, 0.4) is 0 Å². The number of nitrogens with one attached hydrogen (secondary N) is 1. The first kappa shape index (κ1) is 31.8. The fourth-order valence-corrected chi connectivity index (χ4v) is 3.19. The van der Waals surface area contributed by atoms with Crippen LogP contribution in [0.2, 0.25) is 0 Å². The summed E-state index contributed by atoms with van der Waals surface area (Å²) < 4.78 is 76.8. The van der Waals surface area contributed by atoms with Crippen molar-refractivity contribution in [2.45, 2.75) is 63.3 Å². The second-order valence-corrected chi connectivity index (χ2v) is 7.84. The monoisotopic (exact) mass is 545 g/mol. The number of esters is 1. The Morgan fingerprint density at radius 2 is 1.73 bits per heavy atom. The molecule has 1 aliphatic heterocycles. The third kappa shape index (κ3) is 10.7. The first-order valence-electron chi connectivity index (χ1n) is 10.7. The molecule has 37 heavy (non-hydrogen) atoms. The van der Waals surface area contributed by atoms with Gasteiger partial charge in [0.1, 0.15) is 30.7 Å². The number of aliphatic carboxylic acids is 1. The number of primary amides is 1. The van der Waals surface area contributed by atoms with Gasteiger partial charge in [0.15, 0.2) is 0 Å². The van der Waals surface area contributed by atoms with Gasteiger partial charge in [-0.25, -0.2) is 14.8 Å². The number of nitrogens with zero attached hydrogens (tertiary/aromatic N) is 1. The second-order valence-electron chi connectivity index (χ2n) is 7.84. The van der Waals surface area contributed by atoms with Crippen molar-refractivity contribution in [3.63, 3.8) is 0 Å². The third-order valence-electron chi connectivity index (χ3n) is 5.08. The summed E-state index contributed by atoms with van der Waals surface area (Å²) >= 11 is 0. The third-order valence-corrected chi connectivity index (χ3v) is 5.08. The molecule has 1 aliphatic rings. The van der Waals surface area contributed by atoms with Crippen LogP contribution in [0.4, 0.5) is 26.3 Å². The van der Waals surface area contributed by atoms with Crippen LogP contribution in [0.1, 0.15) is 31.7 Å². The smallest absolute Gasteiger partial charge is 0.430 e. The van der Waals surface area contributed by atoms with Gasteiger partial charge < -0.3 is 19.5 Å². The number of ether oxygens (including phenoxy) is 1. The molecule has 16 heteroatoms. The van der Waals surface area contributed by atoms with Crippen LogP contribution in [-0.2, 0) is 30.5 Å². The van der Waals surface area contributed by atoms with Crippen molar-refractivity contribution >= 4 is 23.8 Å². The largest absolute Gasteiger partial charge is 0.542 e. The van der Waals surface area contributed by atoms with E-state index in [0.717, 1.165) is 17.4 Å². The minimum atomic E-state index is -5.19. The summed E-state index contributed by atoms with van der Waals surface area (Å²) in [4.78, 5) is 46.2. The van der Waals surface area contributed by atoms with E-state index in [1.807, 2.05) is 5.32 Å². The van der Waals surface area contributed by atoms with Gasteiger partial charge in [0, 0.05) is 6.54 Å². The predicted octanol–water partition coefficient (Wildman–Crippen LogP) is -0.202. The molecule has 1 aromatic carbocycles. The number of nitrogens with two attached hydrogens (primary N) is 1. The van der Waals surface area contributed by atoms with E-state index in [1.54, 1.807) is 30.3 Å². The highest BCUT2D eigenvalue weighted by Crippen LogP contribution is 2.26. The molecule has 0 aromatic heterocycles. The van der Waals surface area contributed by atoms with Crippen LogP contribution in [0.15, 0.2) is 30.3 Å². The first-order valence-corrected chi connectivity index (χ1v) is 10.7. The molecule has 0 spiro atoms. The first-order chi connectivity index (χ1) is 17.1. The molecule has 4 N–H and O–H groups in total. The molecule has 2 rings (SSSR count). The topological polar surface area (TPSA) is 153 Å². The van der Waals surface area contributed by atoms with Crippen molar-refractivity contribution in [1.29, 1.82) is 0 Å². The van der Waals surface area contributed by atoms with Crippen molar-refractivity contribution < 1.29 is 66.1 Å². The molecular formula is C21H25F6N3O7. The van der Waals surface area contributed by atoms with Gasteiger partial charge in [-0.05, 0) is 25.3 Å². The molecule has 208 valence electrons. The highest BCUT2D eigenvalue weighted by Gasteiger charge is 2.45. The number of likely N-dealkylation sites (tertiary alicyclic amines) is 1. The van der Waals surface area contributed by atoms with E-state index in [0.29, 0.717) is 12.8 Å². The molecule has 0 aliphatic carbocycles. The molecule has 0 saturated carbocycles. The molecular weight excluding hydrogens is 520 g/mol. The van der Waals surface area contributed by atoms with Gasteiger partial charge in [-0.2, -0.15) is 26.3 Å². The average Bonchev–Trinajstić information content (AvgIpc) is 3.31. The summed E-state index contributed by atoms with van der Waals surface area (Å²) in [5, 5.41) is 19.5. The molecule has 1 unspecified atom stereocenters. The summed E-state index contributed by atoms with van der Waals surface area (Å²) in [7, 11) is 0. The van der Waals surface area contributed by atoms with Crippen LogP contribution in [0.25, 0.3) is 0 Å². The number of halogens is 6. The lowest BCUT2D eigenvalue weighted by Gasteiger charge is -2.28. The van der Waals surface area contributed by atoms with E-state index in [-0.39, 0.29) is 18.6 Å². The highest BCUT2D eigenvalue weighted by molar-refractivity contribution is 5.85. The van der Waals surface area contributed by atoms with E-state index in [4.69, 9.17) is 19.8 Å². The van der Waals surface area contributed by atoms with Crippen molar-refractivity contribution in [2.75, 3.05) is 6.54 Å². The molecule has 1 aromatic rings. The molecule has 0 bridgehead atoms. The lowest BCUT2D eigenvalue weighted by molar-refractivity contribution is -0.815. The van der Waals surface area contributed by atoms with Crippen LogP contribution in [0, 0.1) is 0 Å². The average molecular weight is 545 g/mol. The Labute approximate surface area is 206 Å². The Morgan fingerprint density at radius 3 is 2.22 bits per heavy atom. The molecule has 0 radical (unpaired) electrons. The quantitative estimate of drug-likeness (QED) is 0.176. The number of alkyl halides is 6. The van der Waals surface area contributed by atoms with Gasteiger partial charge >= 0.3 is 24.2 Å². The molecule has 1 heterocycles. The van der Waals surface area contributed by atoms with Crippen LogP contribution >= 0.6 is 0 Å². The van der Waals surface area contributed by atoms with Gasteiger partial charge in [-0.1, -0.05) is 30.3 Å². The Hall–Kier alpha value is -3.24. The number of benzene rings is 1. The van der Waals surface area contributed by atoms with Gasteiger partial charge in [0.2, 0.25) is 5.91 Å². The predicted molar refractivity (Wildman–Crippen MR) is 108 cm³/mol. The van der Waals surface area contributed by atoms with Crippen molar-refractivity contribution in [1.82, 2.24) is 10.2 Å². The number of carbonyl (C=O) groups excluding carboxylic acids is 4. The maximum absolute atomic E-state index is 13.4. The zero-order valence-electron chi connectivity index (χ0n) is 19.3. The Balaban J connectivity index is 0.000000856. The van der Waals surface area contributed by atoms with Gasteiger partial charge in [-0.3, -0.25) is 10.1 Å². The van der Waals surface area contributed by atoms with Crippen LogP contribution < -0.4 is 15.9 Å². The number of quaternary nitrogens is 1. The minimum Gasteiger partial charge on any atom is -0.542 e. The fourth-order valence-electron chi connectivity index (χ4n) is 3.19. The van der Waals surface area contributed by atoms with Crippen LogP contribution in [-0.4, -0.2) is 70.9 Å². The van der Waals surface area contributed by atoms with E-state index < -0.39 is 60.7 Å². The van der Waals surface area contributed by atoms with E-state index in [2.05, 4.69) is 0 Å². The highest BCUT2D eigenvalue weighted by atomic mass is 19.4. The molecule has 2 amide bonds. The lowest BCUT2D eigenvalue weighted by Crippen LogP contribution is -2.88. The normalized spacial score (nSPS) is 17.3. The number of hydrogen-bond acceptors (Lipinski definition) is 8. The number of carboxylic acids is 1.